The van der Waals surface area contributed by atoms with Crippen LogP contribution < -0.4 is 19.7 Å². The lowest BCUT2D eigenvalue weighted by molar-refractivity contribution is -0.153. The van der Waals surface area contributed by atoms with E-state index >= 15 is 4.39 Å². The highest BCUT2D eigenvalue weighted by molar-refractivity contribution is 9.10. The van der Waals surface area contributed by atoms with Gasteiger partial charge in [-0.3, -0.25) is 14.5 Å². The van der Waals surface area contributed by atoms with Crippen LogP contribution in [0.4, 0.5) is 28.0 Å². The van der Waals surface area contributed by atoms with Crippen molar-refractivity contribution < 1.29 is 46.2 Å². The summed E-state index contributed by atoms with van der Waals surface area (Å²) < 4.78 is 69.5. The van der Waals surface area contributed by atoms with Crippen LogP contribution in [0, 0.1) is 5.82 Å². The molecule has 3 saturated heterocycles. The van der Waals surface area contributed by atoms with E-state index in [1.54, 1.807) is 25.1 Å². The highest BCUT2D eigenvalue weighted by Gasteiger charge is 2.53. The molecule has 2 unspecified atom stereocenters. The number of urea groups is 1. The number of anilines is 1. The number of ether oxygens (including phenoxy) is 3. The maximum absolute atomic E-state index is 15.2. The Hall–Kier alpha value is -4.08. The third-order valence-electron chi connectivity index (χ3n) is 8.46. The number of nitrogens with zero attached hydrogens (tertiary/aromatic N) is 3. The van der Waals surface area contributed by atoms with Crippen LogP contribution in [-0.4, -0.2) is 91.5 Å². The Kier molecular flexibility index (Phi) is 9.96. The van der Waals surface area contributed by atoms with Crippen LogP contribution in [0.1, 0.15) is 28.9 Å². The smallest absolute Gasteiger partial charge is 0.422 e. The number of alkyl halides is 3. The molecular formula is C33H30BrClF4N4O6. The predicted octanol–water partition coefficient (Wildman–Crippen LogP) is 5.97. The van der Waals surface area contributed by atoms with Crippen LogP contribution in [0.25, 0.3) is 0 Å². The van der Waals surface area contributed by atoms with E-state index in [1.807, 2.05) is 0 Å². The third kappa shape index (κ3) is 7.58. The molecule has 49 heavy (non-hydrogen) atoms. The molecule has 3 aliphatic rings. The van der Waals surface area contributed by atoms with Crippen molar-refractivity contribution in [3.63, 3.8) is 0 Å². The molecule has 3 aromatic carbocycles. The SMILES string of the molecule is C[C@@H](NC(=O)C1C2CN(C(=O)c3ccc(Br)c(Cl)c3)CCN2C(=O)N1c1ccc(OCC(F)(F)F)cc1)c1ccc(OC2COC2)cc1F. The number of hydrogen-bond donors (Lipinski definition) is 1. The first-order chi connectivity index (χ1) is 23.3. The summed E-state index contributed by atoms with van der Waals surface area (Å²) in [5, 5.41) is 3.15. The zero-order valence-electron chi connectivity index (χ0n) is 25.9. The average molecular weight is 770 g/mol. The molecule has 3 atom stereocenters. The third-order valence-corrected chi connectivity index (χ3v) is 9.69. The topological polar surface area (TPSA) is 101 Å². The van der Waals surface area contributed by atoms with E-state index in [2.05, 4.69) is 21.2 Å². The number of amides is 4. The summed E-state index contributed by atoms with van der Waals surface area (Å²) in [6, 6.07) is 11.0. The minimum atomic E-state index is -4.55. The van der Waals surface area contributed by atoms with E-state index in [0.29, 0.717) is 34.0 Å². The number of carbonyl (C=O) groups excluding carboxylic acids is 3. The van der Waals surface area contributed by atoms with Crippen molar-refractivity contribution in [1.29, 1.82) is 0 Å². The Balaban J connectivity index is 1.26. The molecule has 0 aliphatic carbocycles. The van der Waals surface area contributed by atoms with Gasteiger partial charge in [0.05, 0.1) is 30.3 Å². The van der Waals surface area contributed by atoms with Crippen LogP contribution in [-0.2, 0) is 9.53 Å². The number of fused-ring (bicyclic) bond motifs is 1. The maximum atomic E-state index is 15.2. The first kappa shape index (κ1) is 34.8. The number of hydrogen-bond acceptors (Lipinski definition) is 6. The number of piperazine rings is 1. The normalized spacial score (nSPS) is 20.1. The monoisotopic (exact) mass is 768 g/mol. The summed E-state index contributed by atoms with van der Waals surface area (Å²) in [5.74, 6) is -1.35. The second-order valence-electron chi connectivity index (χ2n) is 11.8. The summed E-state index contributed by atoms with van der Waals surface area (Å²) >= 11 is 9.53. The quantitative estimate of drug-likeness (QED) is 0.270. The van der Waals surface area contributed by atoms with Crippen molar-refractivity contribution in [2.75, 3.05) is 44.4 Å². The molecule has 0 radical (unpaired) electrons. The van der Waals surface area contributed by atoms with Crippen molar-refractivity contribution in [2.45, 2.75) is 37.3 Å². The van der Waals surface area contributed by atoms with Crippen LogP contribution in [0.15, 0.2) is 65.1 Å². The Morgan fingerprint density at radius 1 is 1.06 bits per heavy atom. The fourth-order valence-corrected chi connectivity index (χ4v) is 6.39. The molecule has 260 valence electrons. The molecule has 10 nitrogen and oxygen atoms in total. The molecule has 0 aromatic heterocycles. The first-order valence-electron chi connectivity index (χ1n) is 15.3. The molecule has 0 saturated carbocycles. The zero-order chi connectivity index (χ0) is 35.0. The number of benzene rings is 3. The molecule has 16 heteroatoms. The fourth-order valence-electron chi connectivity index (χ4n) is 5.96. The molecule has 3 fully saturated rings. The number of halogens is 6. The van der Waals surface area contributed by atoms with Crippen LogP contribution >= 0.6 is 27.5 Å². The largest absolute Gasteiger partial charge is 0.485 e. The van der Waals surface area contributed by atoms with Crippen molar-refractivity contribution in [3.05, 3.63) is 87.1 Å². The zero-order valence-corrected chi connectivity index (χ0v) is 28.2. The number of carbonyl (C=O) groups is 3. The molecule has 6 rings (SSSR count). The molecule has 0 spiro atoms. The van der Waals surface area contributed by atoms with Crippen LogP contribution in [0.2, 0.25) is 5.02 Å². The van der Waals surface area contributed by atoms with Gasteiger partial charge in [0.25, 0.3) is 5.91 Å². The van der Waals surface area contributed by atoms with Gasteiger partial charge in [0.1, 0.15) is 29.5 Å². The predicted molar refractivity (Wildman–Crippen MR) is 173 cm³/mol. The summed E-state index contributed by atoms with van der Waals surface area (Å²) in [5.41, 5.74) is 0.716. The fraction of sp³-hybridized carbons (Fsp3) is 0.364. The van der Waals surface area contributed by atoms with Gasteiger partial charge in [-0.05, 0) is 71.4 Å². The Labute approximate surface area is 291 Å². The summed E-state index contributed by atoms with van der Waals surface area (Å²) in [4.78, 5) is 45.8. The standard InChI is InChI=1S/C33H30BrClF4N4O6/c1-18(24-8-7-22(13-27(24)36)49-23-15-47-16-23)40-30(44)29-28-14-41(31(45)19-2-9-25(34)26(35)12-19)10-11-42(28)32(46)43(29)20-3-5-21(6-4-20)48-17-33(37,38)39/h2-9,12-13,18,23,28-29H,10-11,14-17H2,1H3,(H,40,44)/t18-,28?,29?/m1/s1. The molecule has 4 amide bonds. The van der Waals surface area contributed by atoms with E-state index in [9.17, 15) is 27.6 Å². The maximum Gasteiger partial charge on any atom is 0.422 e. The highest BCUT2D eigenvalue weighted by Crippen LogP contribution is 2.35. The summed E-state index contributed by atoms with van der Waals surface area (Å²) in [7, 11) is 0. The van der Waals surface area contributed by atoms with Crippen LogP contribution in [0.3, 0.4) is 0 Å². The van der Waals surface area contributed by atoms with E-state index in [0.717, 1.165) is 0 Å². The van der Waals surface area contributed by atoms with E-state index in [1.165, 1.54) is 57.2 Å². The molecule has 1 N–H and O–H groups in total. The minimum Gasteiger partial charge on any atom is -0.485 e. The first-order valence-corrected chi connectivity index (χ1v) is 16.4. The lowest BCUT2D eigenvalue weighted by atomic mass is 10.0. The van der Waals surface area contributed by atoms with Crippen molar-refractivity contribution >= 4 is 51.1 Å². The van der Waals surface area contributed by atoms with Gasteiger partial charge in [-0.2, -0.15) is 13.2 Å². The highest BCUT2D eigenvalue weighted by atomic mass is 79.9. The Morgan fingerprint density at radius 2 is 1.78 bits per heavy atom. The Morgan fingerprint density at radius 3 is 2.41 bits per heavy atom. The van der Waals surface area contributed by atoms with Gasteiger partial charge in [0.15, 0.2) is 6.61 Å². The van der Waals surface area contributed by atoms with Gasteiger partial charge in [0.2, 0.25) is 5.91 Å². The van der Waals surface area contributed by atoms with Crippen molar-refractivity contribution in [3.8, 4) is 11.5 Å². The van der Waals surface area contributed by atoms with Gasteiger partial charge in [-0.15, -0.1) is 0 Å². The van der Waals surface area contributed by atoms with Crippen molar-refractivity contribution in [1.82, 2.24) is 15.1 Å². The van der Waals surface area contributed by atoms with Gasteiger partial charge in [-0.1, -0.05) is 17.7 Å². The summed E-state index contributed by atoms with van der Waals surface area (Å²) in [6.45, 7) is 1.17. The van der Waals surface area contributed by atoms with E-state index < -0.39 is 48.7 Å². The second kappa shape index (κ2) is 14.0. The molecule has 3 aromatic rings. The summed E-state index contributed by atoms with van der Waals surface area (Å²) in [6.07, 6.45) is -4.71. The lowest BCUT2D eigenvalue weighted by Gasteiger charge is -2.38. The Bertz CT molecular complexity index is 1750. The van der Waals surface area contributed by atoms with Gasteiger partial charge < -0.3 is 29.3 Å². The van der Waals surface area contributed by atoms with Crippen molar-refractivity contribution in [2.24, 2.45) is 0 Å². The van der Waals surface area contributed by atoms with Crippen LogP contribution in [0.5, 0.6) is 11.5 Å². The van der Waals surface area contributed by atoms with E-state index in [-0.39, 0.29) is 48.6 Å². The van der Waals surface area contributed by atoms with E-state index in [4.69, 9.17) is 25.8 Å². The second-order valence-corrected chi connectivity index (χ2v) is 13.1. The van der Waals surface area contributed by atoms with Gasteiger partial charge in [-0.25, -0.2) is 9.18 Å². The minimum absolute atomic E-state index is 0.0146. The molecule has 0 bridgehead atoms. The van der Waals surface area contributed by atoms with Gasteiger partial charge in [0, 0.05) is 47.0 Å². The molecular weight excluding hydrogens is 740 g/mol. The molecule has 3 aliphatic heterocycles. The number of rotatable bonds is 9. The molecule has 3 heterocycles. The average Bonchev–Trinajstić information content (AvgIpc) is 3.34. The lowest BCUT2D eigenvalue weighted by Crippen LogP contribution is -2.58. The van der Waals surface area contributed by atoms with Gasteiger partial charge >= 0.3 is 12.2 Å². The number of nitrogens with one attached hydrogen (secondary N) is 1.